The molecule has 3 aromatic carbocycles. The molecule has 6 bridgehead atoms. The summed E-state index contributed by atoms with van der Waals surface area (Å²) in [5, 5.41) is 0. The zero-order chi connectivity index (χ0) is 19.4. The quantitative estimate of drug-likeness (QED) is 0.444. The average Bonchev–Trinajstić information content (AvgIpc) is 2.72. The topological polar surface area (TPSA) is 86.7 Å². The van der Waals surface area contributed by atoms with E-state index >= 15 is 0 Å². The molecule has 6 rings (SSSR count). The van der Waals surface area contributed by atoms with Gasteiger partial charge in [0.2, 0.25) is 0 Å². The van der Waals surface area contributed by atoms with Crippen molar-refractivity contribution in [3.8, 4) is 22.3 Å². The molecule has 0 aliphatic carbocycles. The third-order valence-electron chi connectivity index (χ3n) is 4.84. The third-order valence-corrected chi connectivity index (χ3v) is 4.84. The highest BCUT2D eigenvalue weighted by atomic mass is 16.6. The van der Waals surface area contributed by atoms with Gasteiger partial charge in [0.15, 0.2) is 0 Å². The van der Waals surface area contributed by atoms with E-state index in [1.807, 2.05) is 24.3 Å². The molecule has 0 saturated heterocycles. The van der Waals surface area contributed by atoms with Crippen molar-refractivity contribution in [2.45, 2.75) is 0 Å². The Hall–Kier alpha value is -4.06. The van der Waals surface area contributed by atoms with Gasteiger partial charge in [-0.25, -0.2) is 19.2 Å². The number of benzene rings is 3. The zero-order valence-electron chi connectivity index (χ0n) is 14.2. The summed E-state index contributed by atoms with van der Waals surface area (Å²) in [5.41, 5.74) is 2.33. The number of carbonyl (C=O) groups excluding carboxylic acids is 4. The van der Waals surface area contributed by atoms with Crippen LogP contribution in [0.15, 0.2) is 60.7 Å². The van der Waals surface area contributed by atoms with E-state index in [1.54, 1.807) is 12.1 Å². The molecule has 28 heavy (non-hydrogen) atoms. The van der Waals surface area contributed by atoms with Crippen LogP contribution in [0.1, 0.15) is 41.4 Å². The maximum Gasteiger partial charge on any atom is 0.346 e. The van der Waals surface area contributed by atoms with Gasteiger partial charge in [0.1, 0.15) is 0 Å². The molecule has 0 aromatic heterocycles. The van der Waals surface area contributed by atoms with Gasteiger partial charge < -0.3 is 9.47 Å². The van der Waals surface area contributed by atoms with Crippen molar-refractivity contribution in [2.75, 3.05) is 0 Å². The summed E-state index contributed by atoms with van der Waals surface area (Å²) in [6.07, 6.45) is 0. The minimum Gasteiger partial charge on any atom is -0.386 e. The summed E-state index contributed by atoms with van der Waals surface area (Å²) < 4.78 is 9.92. The summed E-state index contributed by atoms with van der Waals surface area (Å²) in [6, 6.07) is 16.4. The molecule has 3 aliphatic rings. The van der Waals surface area contributed by atoms with Crippen LogP contribution in [0.2, 0.25) is 0 Å². The van der Waals surface area contributed by atoms with E-state index < -0.39 is 23.9 Å². The van der Waals surface area contributed by atoms with Crippen molar-refractivity contribution in [1.82, 2.24) is 0 Å². The number of hydrogen-bond donors (Lipinski definition) is 0. The molecule has 6 heteroatoms. The van der Waals surface area contributed by atoms with E-state index in [0.29, 0.717) is 11.1 Å². The smallest absolute Gasteiger partial charge is 0.346 e. The van der Waals surface area contributed by atoms with E-state index in [4.69, 9.17) is 9.47 Å². The normalized spacial score (nSPS) is 14.6. The molecule has 134 valence electrons. The van der Waals surface area contributed by atoms with E-state index in [2.05, 4.69) is 0 Å². The highest BCUT2D eigenvalue weighted by molar-refractivity contribution is 6.16. The van der Waals surface area contributed by atoms with Crippen LogP contribution in [0.25, 0.3) is 22.3 Å². The second-order valence-corrected chi connectivity index (χ2v) is 6.45. The van der Waals surface area contributed by atoms with Gasteiger partial charge in [0.25, 0.3) is 0 Å². The highest BCUT2D eigenvalue weighted by Gasteiger charge is 2.30. The van der Waals surface area contributed by atoms with Crippen LogP contribution in [0.3, 0.4) is 0 Å². The van der Waals surface area contributed by atoms with Crippen molar-refractivity contribution in [1.29, 1.82) is 0 Å². The molecular weight excluding hydrogens is 360 g/mol. The van der Waals surface area contributed by atoms with Crippen molar-refractivity contribution < 1.29 is 28.7 Å². The second kappa shape index (κ2) is 5.72. The van der Waals surface area contributed by atoms with Crippen LogP contribution in [0, 0.1) is 0 Å². The minimum absolute atomic E-state index is 0.147. The second-order valence-electron chi connectivity index (χ2n) is 6.45. The lowest BCUT2D eigenvalue weighted by atomic mass is 9.96. The Morgan fingerprint density at radius 1 is 0.393 bits per heavy atom. The van der Waals surface area contributed by atoms with Crippen molar-refractivity contribution in [2.24, 2.45) is 0 Å². The van der Waals surface area contributed by atoms with Crippen LogP contribution < -0.4 is 0 Å². The van der Waals surface area contributed by atoms with Gasteiger partial charge in [-0.1, -0.05) is 36.4 Å². The van der Waals surface area contributed by atoms with Gasteiger partial charge >= 0.3 is 23.9 Å². The molecule has 0 saturated carbocycles. The molecule has 3 aliphatic heterocycles. The summed E-state index contributed by atoms with van der Waals surface area (Å²) >= 11 is 0. The predicted molar refractivity (Wildman–Crippen MR) is 96.8 cm³/mol. The minimum atomic E-state index is -0.988. The van der Waals surface area contributed by atoms with Gasteiger partial charge in [-0.15, -0.1) is 0 Å². The Kier molecular flexibility index (Phi) is 3.30. The summed E-state index contributed by atoms with van der Waals surface area (Å²) in [7, 11) is 0. The third kappa shape index (κ3) is 2.35. The first kappa shape index (κ1) is 16.1. The number of carbonyl (C=O) groups is 4. The number of hydrogen-bond acceptors (Lipinski definition) is 6. The van der Waals surface area contributed by atoms with E-state index in [0.717, 1.165) is 11.1 Å². The number of esters is 4. The zero-order valence-corrected chi connectivity index (χ0v) is 14.2. The predicted octanol–water partition coefficient (Wildman–Crippen LogP) is 3.64. The lowest BCUT2D eigenvalue weighted by Gasteiger charge is -2.14. The maximum atomic E-state index is 12.6. The molecule has 0 N–H and O–H groups in total. The Morgan fingerprint density at radius 2 is 0.714 bits per heavy atom. The Balaban J connectivity index is 1.91. The van der Waals surface area contributed by atoms with E-state index in [1.165, 1.54) is 24.3 Å². The molecule has 0 fully saturated rings. The molecule has 0 spiro atoms. The van der Waals surface area contributed by atoms with Gasteiger partial charge in [0, 0.05) is 0 Å². The molecular formula is C22H10O6. The van der Waals surface area contributed by atoms with Crippen LogP contribution >= 0.6 is 0 Å². The van der Waals surface area contributed by atoms with Gasteiger partial charge in [-0.3, -0.25) is 0 Å². The maximum absolute atomic E-state index is 12.6. The fourth-order valence-electron chi connectivity index (χ4n) is 3.38. The molecule has 0 unspecified atom stereocenters. The van der Waals surface area contributed by atoms with Crippen LogP contribution in [-0.4, -0.2) is 23.9 Å². The number of ether oxygens (including phenoxy) is 2. The number of fused-ring (bicyclic) bond motifs is 2. The van der Waals surface area contributed by atoms with Crippen molar-refractivity contribution in [3.63, 3.8) is 0 Å². The van der Waals surface area contributed by atoms with Gasteiger partial charge in [0.05, 0.1) is 22.3 Å². The van der Waals surface area contributed by atoms with Gasteiger partial charge in [-0.05, 0) is 46.5 Å². The Morgan fingerprint density at radius 3 is 1.11 bits per heavy atom. The lowest BCUT2D eigenvalue weighted by Crippen LogP contribution is -2.24. The van der Waals surface area contributed by atoms with Crippen molar-refractivity contribution >= 4 is 23.9 Å². The van der Waals surface area contributed by atoms with Crippen LogP contribution in [0.5, 0.6) is 0 Å². The molecule has 3 aromatic rings. The Bertz CT molecular complexity index is 1130. The molecule has 6 nitrogen and oxygen atoms in total. The fraction of sp³-hybridized carbons (Fsp3) is 0. The summed E-state index contributed by atoms with van der Waals surface area (Å²) in [5.74, 6) is -3.95. The standard InChI is InChI=1S/C22H10O6/c23-19-15-7-5-13-9-17(15)21(25)28-22(26)18-10-14(6-8-16(18)20(24)27-19)12-2-1-11(13)3-4-12/h1-10H. The highest BCUT2D eigenvalue weighted by Crippen LogP contribution is 2.31. The van der Waals surface area contributed by atoms with Gasteiger partial charge in [-0.2, -0.15) is 0 Å². The van der Waals surface area contributed by atoms with Crippen molar-refractivity contribution in [3.05, 3.63) is 82.9 Å². The first-order valence-corrected chi connectivity index (χ1v) is 8.43. The summed E-state index contributed by atoms with van der Waals surface area (Å²) in [4.78, 5) is 50.3. The monoisotopic (exact) mass is 370 g/mol. The van der Waals surface area contributed by atoms with Crippen LogP contribution in [-0.2, 0) is 9.47 Å². The SMILES string of the molecule is O=C1OC(=O)c2ccc3cc2C(=O)OC(=O)c2cc(ccc21)-c1ccc-3cc1. The van der Waals surface area contributed by atoms with E-state index in [-0.39, 0.29) is 22.3 Å². The van der Waals surface area contributed by atoms with Crippen LogP contribution in [0.4, 0.5) is 0 Å². The Labute approximate surface area is 158 Å². The molecule has 0 atom stereocenters. The largest absolute Gasteiger partial charge is 0.386 e. The average molecular weight is 370 g/mol. The fourth-order valence-corrected chi connectivity index (χ4v) is 3.38. The van der Waals surface area contributed by atoms with E-state index in [9.17, 15) is 19.2 Å². The summed E-state index contributed by atoms with van der Waals surface area (Å²) in [6.45, 7) is 0. The number of cyclic esters (lactones) is 2. The molecule has 0 radical (unpaired) electrons. The molecule has 3 heterocycles. The first-order chi connectivity index (χ1) is 13.5. The molecule has 0 amide bonds. The first-order valence-electron chi connectivity index (χ1n) is 8.43. The lowest BCUT2D eigenvalue weighted by molar-refractivity contribution is 0.0334. The number of rotatable bonds is 0.